The lowest BCUT2D eigenvalue weighted by Gasteiger charge is -2.25. The molecule has 1 aliphatic heterocycles. The maximum absolute atomic E-state index is 12.5. The van der Waals surface area contributed by atoms with Crippen LogP contribution in [0.15, 0.2) is 29.2 Å². The van der Waals surface area contributed by atoms with Crippen molar-refractivity contribution in [3.05, 3.63) is 29.8 Å². The van der Waals surface area contributed by atoms with Crippen LogP contribution in [0.25, 0.3) is 0 Å². The van der Waals surface area contributed by atoms with E-state index in [1.165, 1.54) is 7.11 Å². The Bertz CT molecular complexity index is 569. The number of ether oxygens (including phenoxy) is 3. The van der Waals surface area contributed by atoms with Gasteiger partial charge in [0.1, 0.15) is 11.0 Å². The van der Waals surface area contributed by atoms with Crippen molar-refractivity contribution in [2.45, 2.75) is 49.8 Å². The minimum atomic E-state index is -1.40. The van der Waals surface area contributed by atoms with Gasteiger partial charge in [0.2, 0.25) is 0 Å². The molecule has 2 rings (SSSR count). The highest BCUT2D eigenvalue weighted by atomic mass is 32.2. The van der Waals surface area contributed by atoms with Crippen LogP contribution in [0.5, 0.6) is 0 Å². The van der Waals surface area contributed by atoms with Gasteiger partial charge in [0.25, 0.3) is 0 Å². The van der Waals surface area contributed by atoms with Crippen molar-refractivity contribution in [2.24, 2.45) is 0 Å². The highest BCUT2D eigenvalue weighted by molar-refractivity contribution is 7.83. The molecule has 0 radical (unpaired) electrons. The van der Waals surface area contributed by atoms with E-state index in [0.717, 1.165) is 5.56 Å². The summed E-state index contributed by atoms with van der Waals surface area (Å²) in [4.78, 5) is 12.3. The van der Waals surface area contributed by atoms with Gasteiger partial charge < -0.3 is 14.2 Å². The summed E-state index contributed by atoms with van der Waals surface area (Å²) in [7, 11) is -0.0481. The van der Waals surface area contributed by atoms with Gasteiger partial charge in [-0.05, 0) is 32.4 Å². The third-order valence-electron chi connectivity index (χ3n) is 3.99. The summed E-state index contributed by atoms with van der Waals surface area (Å²) >= 11 is 0. The molecule has 0 aliphatic carbocycles. The molecule has 0 spiro atoms. The van der Waals surface area contributed by atoms with E-state index in [2.05, 4.69) is 4.72 Å². The molecule has 1 aromatic rings. The number of hydrogen-bond acceptors (Lipinski definition) is 5. The van der Waals surface area contributed by atoms with E-state index in [9.17, 15) is 9.00 Å². The molecule has 134 valence electrons. The number of methoxy groups -OCH3 is 1. The molecule has 1 aromatic carbocycles. The topological polar surface area (TPSA) is 73.9 Å². The Hall–Kier alpha value is -1.28. The number of benzene rings is 1. The average Bonchev–Trinajstić information content (AvgIpc) is 3.00. The normalized spacial score (nSPS) is 19.0. The fourth-order valence-electron chi connectivity index (χ4n) is 2.51. The third kappa shape index (κ3) is 5.66. The van der Waals surface area contributed by atoms with Crippen LogP contribution in [0.3, 0.4) is 0 Å². The molecule has 7 heteroatoms. The second-order valence-corrected chi connectivity index (χ2v) is 7.29. The van der Waals surface area contributed by atoms with Gasteiger partial charge in [-0.2, -0.15) is 0 Å². The fourth-order valence-corrected chi connectivity index (χ4v) is 3.53. The molecule has 1 fully saturated rings. The van der Waals surface area contributed by atoms with Gasteiger partial charge >= 0.3 is 5.97 Å². The van der Waals surface area contributed by atoms with Crippen LogP contribution in [-0.4, -0.2) is 42.3 Å². The van der Waals surface area contributed by atoms with Gasteiger partial charge in [-0.3, -0.25) is 4.79 Å². The van der Waals surface area contributed by atoms with E-state index in [0.29, 0.717) is 31.0 Å². The molecule has 0 unspecified atom stereocenters. The van der Waals surface area contributed by atoms with Crippen LogP contribution < -0.4 is 4.72 Å². The first kappa shape index (κ1) is 19.1. The first-order valence-corrected chi connectivity index (χ1v) is 9.16. The van der Waals surface area contributed by atoms with Crippen molar-refractivity contribution in [1.82, 2.24) is 4.72 Å². The van der Waals surface area contributed by atoms with E-state index < -0.39 is 16.8 Å². The summed E-state index contributed by atoms with van der Waals surface area (Å²) in [5.74, 6) is -0.978. The molecule has 1 N–H and O–H groups in total. The Balaban J connectivity index is 1.97. The van der Waals surface area contributed by atoms with Crippen molar-refractivity contribution in [1.29, 1.82) is 0 Å². The van der Waals surface area contributed by atoms with Crippen LogP contribution in [0.4, 0.5) is 0 Å². The second kappa shape index (κ2) is 8.71. The van der Waals surface area contributed by atoms with Gasteiger partial charge in [0.15, 0.2) is 5.79 Å². The molecule has 0 amide bonds. The molecule has 1 heterocycles. The number of hydrogen-bond donors (Lipinski definition) is 1. The molecule has 0 saturated carbocycles. The number of aryl methyl sites for hydroxylation is 1. The van der Waals surface area contributed by atoms with E-state index in [1.54, 1.807) is 0 Å². The smallest absolute Gasteiger partial charge is 0.307 e. The lowest BCUT2D eigenvalue weighted by molar-refractivity contribution is -0.150. The van der Waals surface area contributed by atoms with Crippen LogP contribution in [0, 0.1) is 6.92 Å². The van der Waals surface area contributed by atoms with Gasteiger partial charge in [0.05, 0.1) is 31.6 Å². The van der Waals surface area contributed by atoms with Crippen molar-refractivity contribution in [3.63, 3.8) is 0 Å². The number of carbonyl (C=O) groups is 1. The van der Waals surface area contributed by atoms with Crippen LogP contribution in [0.2, 0.25) is 0 Å². The molecule has 0 aromatic heterocycles. The highest BCUT2D eigenvalue weighted by Gasteiger charge is 2.32. The molecule has 2 atom stereocenters. The van der Waals surface area contributed by atoms with E-state index >= 15 is 0 Å². The Morgan fingerprint density at radius 1 is 1.33 bits per heavy atom. The lowest BCUT2D eigenvalue weighted by atomic mass is 10.0. The number of rotatable bonds is 8. The molecule has 1 aliphatic rings. The Kier molecular flexibility index (Phi) is 6.91. The highest BCUT2D eigenvalue weighted by Crippen LogP contribution is 2.25. The summed E-state index contributed by atoms with van der Waals surface area (Å²) in [5.41, 5.74) is 1.10. The minimum absolute atomic E-state index is 0.143. The predicted molar refractivity (Wildman–Crippen MR) is 90.7 cm³/mol. The zero-order chi connectivity index (χ0) is 17.6. The second-order valence-electron chi connectivity index (χ2n) is 6.05. The summed E-state index contributed by atoms with van der Waals surface area (Å²) < 4.78 is 31.4. The standard InChI is InChI=1S/C17H25NO5S/c1-13-4-6-15(7-5-13)24(20)18-14(12-16(19)21-3)8-9-17(2)22-10-11-23-17/h4-7,14,18H,8-12H2,1-3H3/t14-,24-/m0/s1. The summed E-state index contributed by atoms with van der Waals surface area (Å²) in [6.07, 6.45) is 1.33. The van der Waals surface area contributed by atoms with Crippen molar-refractivity contribution < 1.29 is 23.2 Å². The largest absolute Gasteiger partial charge is 0.469 e. The monoisotopic (exact) mass is 355 g/mol. The van der Waals surface area contributed by atoms with Gasteiger partial charge in [-0.1, -0.05) is 17.7 Å². The predicted octanol–water partition coefficient (Wildman–Crippen LogP) is 2.08. The zero-order valence-corrected chi connectivity index (χ0v) is 15.2. The summed E-state index contributed by atoms with van der Waals surface area (Å²) in [6, 6.07) is 7.16. The van der Waals surface area contributed by atoms with Gasteiger partial charge in [-0.25, -0.2) is 8.93 Å². The molecule has 6 nitrogen and oxygen atoms in total. The average molecular weight is 355 g/mol. The molecule has 24 heavy (non-hydrogen) atoms. The lowest BCUT2D eigenvalue weighted by Crippen LogP contribution is -2.36. The molecule has 0 bridgehead atoms. The number of esters is 1. The van der Waals surface area contributed by atoms with Crippen LogP contribution in [-0.2, 0) is 30.0 Å². The summed E-state index contributed by atoms with van der Waals surface area (Å²) in [5, 5.41) is 0. The van der Waals surface area contributed by atoms with E-state index in [4.69, 9.17) is 14.2 Å². The minimum Gasteiger partial charge on any atom is -0.469 e. The van der Waals surface area contributed by atoms with Crippen LogP contribution in [0.1, 0.15) is 31.7 Å². The van der Waals surface area contributed by atoms with Crippen molar-refractivity contribution in [2.75, 3.05) is 20.3 Å². The fraction of sp³-hybridized carbons (Fsp3) is 0.588. The van der Waals surface area contributed by atoms with Crippen molar-refractivity contribution >= 4 is 17.0 Å². The molecular weight excluding hydrogens is 330 g/mol. The molecule has 1 saturated heterocycles. The first-order valence-electron chi connectivity index (χ1n) is 8.01. The zero-order valence-electron chi connectivity index (χ0n) is 14.4. The maximum atomic E-state index is 12.5. The third-order valence-corrected chi connectivity index (χ3v) is 5.24. The Morgan fingerprint density at radius 3 is 2.54 bits per heavy atom. The quantitative estimate of drug-likeness (QED) is 0.723. The Morgan fingerprint density at radius 2 is 1.96 bits per heavy atom. The first-order chi connectivity index (χ1) is 11.4. The van der Waals surface area contributed by atoms with Crippen LogP contribution >= 0.6 is 0 Å². The number of carbonyl (C=O) groups excluding carboxylic acids is 1. The molecular formula is C17H25NO5S. The van der Waals surface area contributed by atoms with Crippen molar-refractivity contribution in [3.8, 4) is 0 Å². The number of nitrogens with one attached hydrogen (secondary N) is 1. The van der Waals surface area contributed by atoms with Gasteiger partial charge in [0, 0.05) is 12.5 Å². The van der Waals surface area contributed by atoms with E-state index in [-0.39, 0.29) is 18.4 Å². The Labute approximate surface area is 145 Å². The SMILES string of the molecule is COC(=O)C[C@H](CCC1(C)OCCO1)N[S@@](=O)c1ccc(C)cc1. The van der Waals surface area contributed by atoms with E-state index in [1.807, 2.05) is 38.1 Å². The maximum Gasteiger partial charge on any atom is 0.307 e. The van der Waals surface area contributed by atoms with Gasteiger partial charge in [-0.15, -0.1) is 0 Å². The summed E-state index contributed by atoms with van der Waals surface area (Å²) in [6.45, 7) is 5.00.